The molecule has 0 aliphatic rings. The molecule has 0 saturated heterocycles. The molecule has 17 heteroatoms. The molecule has 0 radical (unpaired) electrons. The number of rotatable bonds is 4. The van der Waals surface area contributed by atoms with E-state index in [1.54, 1.807) is 0 Å². The second kappa shape index (κ2) is 5.50. The highest BCUT2D eigenvalue weighted by Gasteiger charge is 2.92. The summed E-state index contributed by atoms with van der Waals surface area (Å²) in [6.45, 7) is 0. The van der Waals surface area contributed by atoms with Gasteiger partial charge in [0.15, 0.2) is 0 Å². The average molecular weight is 414 g/mol. The van der Waals surface area contributed by atoms with Gasteiger partial charge in [-0.2, -0.15) is 65.5 Å². The Morgan fingerprint density at radius 2 is 0.875 bits per heavy atom. The molecule has 24 heavy (non-hydrogen) atoms. The fourth-order valence-electron chi connectivity index (χ4n) is 1.49. The lowest BCUT2D eigenvalue weighted by Crippen LogP contribution is -2.72. The van der Waals surface area contributed by atoms with Crippen LogP contribution in [0.4, 0.5) is 57.1 Å². The zero-order chi connectivity index (χ0) is 20.2. The molecule has 0 aromatic heterocycles. The summed E-state index contributed by atoms with van der Waals surface area (Å²) < 4.78 is 191. The molecule has 0 fully saturated rings. The number of hydrogen-bond acceptors (Lipinski definition) is 2. The average Bonchev–Trinajstić information content (AvgIpc) is 2.18. The first kappa shape index (κ1) is 23.0. The molecule has 0 unspecified atom stereocenters. The van der Waals surface area contributed by atoms with Crippen molar-refractivity contribution >= 4 is 10.1 Å². The lowest BCUT2D eigenvalue weighted by Gasteiger charge is -2.44. The van der Waals surface area contributed by atoms with E-state index in [0.717, 1.165) is 0 Å². The molecule has 0 spiro atoms. The lowest BCUT2D eigenvalue weighted by atomic mass is 9.77. The second-order valence-electron chi connectivity index (χ2n) is 4.27. The highest BCUT2D eigenvalue weighted by Crippen LogP contribution is 2.65. The highest BCUT2D eigenvalue weighted by atomic mass is 32.2. The third kappa shape index (κ3) is 3.36. The van der Waals surface area contributed by atoms with E-state index in [4.69, 9.17) is 4.55 Å². The first-order valence-corrected chi connectivity index (χ1v) is 6.47. The van der Waals surface area contributed by atoms with Crippen molar-refractivity contribution in [1.82, 2.24) is 0 Å². The van der Waals surface area contributed by atoms with Gasteiger partial charge >= 0.3 is 30.4 Å². The monoisotopic (exact) mass is 414 g/mol. The zero-order valence-corrected chi connectivity index (χ0v) is 11.1. The van der Waals surface area contributed by atoms with Gasteiger partial charge in [0.1, 0.15) is 5.75 Å². The van der Waals surface area contributed by atoms with Crippen molar-refractivity contribution in [3.05, 3.63) is 0 Å². The smallest absolute Gasteiger partial charge is 0.286 e. The predicted octanol–water partition coefficient (Wildman–Crippen LogP) is 3.82. The van der Waals surface area contributed by atoms with Gasteiger partial charge in [-0.1, -0.05) is 0 Å². The summed E-state index contributed by atoms with van der Waals surface area (Å²) in [5.41, 5.74) is -7.44. The van der Waals surface area contributed by atoms with E-state index in [9.17, 15) is 65.5 Å². The van der Waals surface area contributed by atoms with Crippen LogP contribution in [0.1, 0.15) is 0 Å². The van der Waals surface area contributed by atoms with E-state index in [0.29, 0.717) is 0 Å². The van der Waals surface area contributed by atoms with Crippen LogP contribution in [0.25, 0.3) is 0 Å². The van der Waals surface area contributed by atoms with E-state index in [2.05, 4.69) is 0 Å². The van der Waals surface area contributed by atoms with Crippen LogP contribution in [-0.2, 0) is 10.1 Å². The lowest BCUT2D eigenvalue weighted by molar-refractivity contribution is -0.454. The summed E-state index contributed by atoms with van der Waals surface area (Å²) in [6, 6.07) is 0. The molecular weight excluding hydrogens is 411 g/mol. The van der Waals surface area contributed by atoms with Gasteiger partial charge in [0, 0.05) is 0 Å². The predicted molar refractivity (Wildman–Crippen MR) is 46.9 cm³/mol. The van der Waals surface area contributed by atoms with E-state index in [1.165, 1.54) is 0 Å². The Hall–Kier alpha value is -1.00. The first-order valence-electron chi connectivity index (χ1n) is 4.86. The number of halogens is 13. The van der Waals surface area contributed by atoms with Crippen LogP contribution in [0.15, 0.2) is 0 Å². The molecule has 1 N–H and O–H groups in total. The molecule has 0 saturated carbocycles. The van der Waals surface area contributed by atoms with Crippen LogP contribution in [-0.4, -0.2) is 49.1 Å². The molecule has 0 atom stereocenters. The van der Waals surface area contributed by atoms with E-state index in [1.807, 2.05) is 0 Å². The van der Waals surface area contributed by atoms with E-state index < -0.39 is 51.7 Å². The maximum atomic E-state index is 13.3. The summed E-state index contributed by atoms with van der Waals surface area (Å²) in [6.07, 6.45) is -23.0. The Morgan fingerprint density at radius 1 is 0.583 bits per heavy atom. The van der Waals surface area contributed by atoms with Crippen molar-refractivity contribution in [3.63, 3.8) is 0 Å². The summed E-state index contributed by atoms with van der Waals surface area (Å²) >= 11 is 0. The van der Waals surface area contributed by atoms with Crippen LogP contribution in [0, 0.1) is 5.41 Å². The molecule has 0 aliphatic heterocycles. The summed E-state index contributed by atoms with van der Waals surface area (Å²) in [7, 11) is -6.76. The molecular formula is C7H3F13O3S. The van der Waals surface area contributed by atoms with E-state index >= 15 is 0 Å². The third-order valence-corrected chi connectivity index (χ3v) is 3.45. The summed E-state index contributed by atoms with van der Waals surface area (Å²) in [5.74, 6) is -20.2. The fraction of sp³-hybridized carbons (Fsp3) is 1.00. The van der Waals surface area contributed by atoms with Gasteiger partial charge in [-0.3, -0.25) is 4.55 Å². The SMILES string of the molecule is O=S(=O)(O)CC(C(F)(F)F)(C(F)(F)F)C(F)(F)C(F)(F)C(F)(F)F. The van der Waals surface area contributed by atoms with Crippen LogP contribution in [0.2, 0.25) is 0 Å². The summed E-state index contributed by atoms with van der Waals surface area (Å²) in [4.78, 5) is 0. The minimum Gasteiger partial charge on any atom is -0.286 e. The maximum absolute atomic E-state index is 13.3. The van der Waals surface area contributed by atoms with Gasteiger partial charge in [-0.25, -0.2) is 0 Å². The van der Waals surface area contributed by atoms with Crippen LogP contribution >= 0.6 is 0 Å². The Kier molecular flexibility index (Phi) is 5.27. The van der Waals surface area contributed by atoms with Crippen molar-refractivity contribution < 1.29 is 70.0 Å². The van der Waals surface area contributed by atoms with Gasteiger partial charge in [-0.15, -0.1) is 0 Å². The third-order valence-electron chi connectivity index (χ3n) is 2.65. The second-order valence-corrected chi connectivity index (χ2v) is 5.73. The van der Waals surface area contributed by atoms with Gasteiger partial charge < -0.3 is 0 Å². The van der Waals surface area contributed by atoms with Crippen molar-refractivity contribution in [3.8, 4) is 0 Å². The topological polar surface area (TPSA) is 54.4 Å². The Morgan fingerprint density at radius 3 is 1.04 bits per heavy atom. The minimum absolute atomic E-state index is 4.22. The summed E-state index contributed by atoms with van der Waals surface area (Å²) in [5, 5.41) is 0. The Bertz CT molecular complexity index is 552. The molecule has 3 nitrogen and oxygen atoms in total. The molecule has 0 bridgehead atoms. The molecule has 146 valence electrons. The number of hydrogen-bond donors (Lipinski definition) is 1. The molecule has 0 heterocycles. The van der Waals surface area contributed by atoms with E-state index in [-0.39, 0.29) is 0 Å². The number of alkyl halides is 13. The quantitative estimate of drug-likeness (QED) is 0.563. The largest absolute Gasteiger partial charge is 0.459 e. The zero-order valence-electron chi connectivity index (χ0n) is 10.3. The maximum Gasteiger partial charge on any atom is 0.459 e. The van der Waals surface area contributed by atoms with Crippen molar-refractivity contribution in [2.75, 3.05) is 5.75 Å². The van der Waals surface area contributed by atoms with Crippen LogP contribution in [0.5, 0.6) is 0 Å². The molecule has 0 amide bonds. The van der Waals surface area contributed by atoms with Crippen molar-refractivity contribution in [1.29, 1.82) is 0 Å². The molecule has 0 aliphatic carbocycles. The van der Waals surface area contributed by atoms with Gasteiger partial charge in [-0.05, 0) is 0 Å². The molecule has 0 aromatic rings. The van der Waals surface area contributed by atoms with Gasteiger partial charge in [0.25, 0.3) is 10.1 Å². The first-order chi connectivity index (χ1) is 9.96. The van der Waals surface area contributed by atoms with Gasteiger partial charge in [0.2, 0.25) is 5.41 Å². The van der Waals surface area contributed by atoms with Crippen LogP contribution < -0.4 is 0 Å². The molecule has 0 rings (SSSR count). The Labute approximate surface area is 123 Å². The Balaban J connectivity index is 7.08. The standard InChI is InChI=1S/C7H3F13O3S/c8-3(9,4(10,11)7(18,19)20)2(5(12,13)14,6(15,16)17)1-24(21,22)23/h1H2,(H,21,22,23). The van der Waals surface area contributed by atoms with Crippen LogP contribution in [0.3, 0.4) is 0 Å². The normalized spacial score (nSPS) is 16.4. The van der Waals surface area contributed by atoms with Crippen molar-refractivity contribution in [2.24, 2.45) is 5.41 Å². The fourth-order valence-corrected chi connectivity index (χ4v) is 2.55. The highest BCUT2D eigenvalue weighted by molar-refractivity contribution is 7.85. The van der Waals surface area contributed by atoms with Gasteiger partial charge in [0.05, 0.1) is 0 Å². The molecule has 0 aromatic carbocycles. The van der Waals surface area contributed by atoms with Crippen molar-refractivity contribution in [2.45, 2.75) is 30.4 Å². The minimum atomic E-state index is -8.08.